The molecule has 0 aromatic heterocycles. The number of carboxylic acid groups (broad SMARTS) is 1. The normalized spacial score (nSPS) is 24.5. The molecule has 2 rings (SSSR count). The highest BCUT2D eigenvalue weighted by atomic mass is 16.5. The lowest BCUT2D eigenvalue weighted by atomic mass is 9.66. The van der Waals surface area contributed by atoms with Gasteiger partial charge in [0, 0.05) is 19.7 Å². The molecule has 3 N–H and O–H groups in total. The van der Waals surface area contributed by atoms with Crippen LogP contribution in [0.5, 0.6) is 0 Å². The summed E-state index contributed by atoms with van der Waals surface area (Å²) in [6, 6.07) is -0.229. The number of ether oxygens (including phenoxy) is 1. The second-order valence-corrected chi connectivity index (χ2v) is 5.62. The fourth-order valence-electron chi connectivity index (χ4n) is 2.76. The topological polar surface area (TPSA) is 87.7 Å². The van der Waals surface area contributed by atoms with Gasteiger partial charge >= 0.3 is 12.0 Å². The molecule has 0 radical (unpaired) electrons. The summed E-state index contributed by atoms with van der Waals surface area (Å²) in [6.07, 6.45) is 5.11. The average Bonchev–Trinajstić information content (AvgIpc) is 2.82. The van der Waals surface area contributed by atoms with E-state index in [1.54, 1.807) is 0 Å². The molecule has 0 aromatic carbocycles. The van der Waals surface area contributed by atoms with Crippen molar-refractivity contribution in [2.45, 2.75) is 44.6 Å². The van der Waals surface area contributed by atoms with Gasteiger partial charge < -0.3 is 20.5 Å². The lowest BCUT2D eigenvalue weighted by Crippen LogP contribution is -2.47. The van der Waals surface area contributed by atoms with E-state index in [0.717, 1.165) is 38.7 Å². The molecule has 1 aliphatic carbocycles. The van der Waals surface area contributed by atoms with E-state index < -0.39 is 5.97 Å². The molecule has 6 nitrogen and oxygen atoms in total. The molecular weight excluding hydrogens is 248 g/mol. The standard InChI is InChI=1S/C13H22N2O4/c16-11(17)7-13(4-2-5-13)9-15-12(18)14-8-10-3-1-6-19-10/h10H,1-9H2,(H,16,17)(H2,14,15,18). The number of carboxylic acids is 1. The van der Waals surface area contributed by atoms with Gasteiger partial charge in [-0.05, 0) is 31.1 Å². The van der Waals surface area contributed by atoms with Crippen LogP contribution >= 0.6 is 0 Å². The minimum absolute atomic E-state index is 0.127. The maximum absolute atomic E-state index is 11.6. The zero-order valence-electron chi connectivity index (χ0n) is 11.1. The van der Waals surface area contributed by atoms with Crippen molar-refractivity contribution in [3.8, 4) is 0 Å². The second-order valence-electron chi connectivity index (χ2n) is 5.62. The maximum atomic E-state index is 11.6. The van der Waals surface area contributed by atoms with Gasteiger partial charge in [-0.3, -0.25) is 4.79 Å². The lowest BCUT2D eigenvalue weighted by molar-refractivity contribution is -0.141. The summed E-state index contributed by atoms with van der Waals surface area (Å²) < 4.78 is 5.41. The first kappa shape index (κ1) is 14.1. The third-order valence-corrected chi connectivity index (χ3v) is 4.08. The van der Waals surface area contributed by atoms with Crippen molar-refractivity contribution in [3.63, 3.8) is 0 Å². The van der Waals surface area contributed by atoms with Gasteiger partial charge in [-0.25, -0.2) is 4.79 Å². The van der Waals surface area contributed by atoms with Crippen LogP contribution in [0.1, 0.15) is 38.5 Å². The molecule has 1 unspecified atom stereocenters. The van der Waals surface area contributed by atoms with Gasteiger partial charge in [0.1, 0.15) is 0 Å². The van der Waals surface area contributed by atoms with Gasteiger partial charge in [0.25, 0.3) is 0 Å². The number of hydrogen-bond donors (Lipinski definition) is 3. The molecule has 6 heteroatoms. The largest absolute Gasteiger partial charge is 0.481 e. The Bertz CT molecular complexity index is 336. The SMILES string of the molecule is O=C(O)CC1(CNC(=O)NCC2CCCO2)CCC1. The van der Waals surface area contributed by atoms with Gasteiger partial charge in [-0.1, -0.05) is 6.42 Å². The number of carbonyl (C=O) groups excluding carboxylic acids is 1. The number of urea groups is 1. The van der Waals surface area contributed by atoms with Crippen LogP contribution in [0.15, 0.2) is 0 Å². The second kappa shape index (κ2) is 6.23. The summed E-state index contributed by atoms with van der Waals surface area (Å²) in [6.45, 7) is 1.74. The first-order chi connectivity index (χ1) is 9.10. The molecule has 19 heavy (non-hydrogen) atoms. The summed E-state index contributed by atoms with van der Waals surface area (Å²) in [7, 11) is 0. The summed E-state index contributed by atoms with van der Waals surface area (Å²) in [4.78, 5) is 22.5. The highest BCUT2D eigenvalue weighted by Gasteiger charge is 2.39. The molecule has 1 saturated carbocycles. The number of amides is 2. The third kappa shape index (κ3) is 4.09. The van der Waals surface area contributed by atoms with E-state index in [1.807, 2.05) is 0 Å². The quantitative estimate of drug-likeness (QED) is 0.674. The van der Waals surface area contributed by atoms with Crippen LogP contribution in [0.4, 0.5) is 4.79 Å². The molecular formula is C13H22N2O4. The minimum atomic E-state index is -0.790. The van der Waals surface area contributed by atoms with E-state index in [0.29, 0.717) is 13.1 Å². The van der Waals surface area contributed by atoms with E-state index in [1.165, 1.54) is 0 Å². The molecule has 1 heterocycles. The molecule has 2 fully saturated rings. The highest BCUT2D eigenvalue weighted by molar-refractivity contribution is 5.74. The Morgan fingerprint density at radius 1 is 1.26 bits per heavy atom. The molecule has 0 aromatic rings. The Morgan fingerprint density at radius 3 is 2.58 bits per heavy atom. The van der Waals surface area contributed by atoms with E-state index in [9.17, 15) is 9.59 Å². The summed E-state index contributed by atoms with van der Waals surface area (Å²) in [5.41, 5.74) is -0.229. The first-order valence-electron chi connectivity index (χ1n) is 6.95. The monoisotopic (exact) mass is 270 g/mol. The number of aliphatic carboxylic acids is 1. The molecule has 1 aliphatic heterocycles. The number of hydrogen-bond acceptors (Lipinski definition) is 3. The molecule has 2 amide bonds. The lowest BCUT2D eigenvalue weighted by Gasteiger charge is -2.40. The van der Waals surface area contributed by atoms with Crippen molar-refractivity contribution in [2.75, 3.05) is 19.7 Å². The zero-order valence-corrected chi connectivity index (χ0v) is 11.1. The predicted octanol–water partition coefficient (Wildman–Crippen LogP) is 1.11. The van der Waals surface area contributed by atoms with Gasteiger partial charge in [0.15, 0.2) is 0 Å². The van der Waals surface area contributed by atoms with Crippen molar-refractivity contribution >= 4 is 12.0 Å². The number of nitrogens with one attached hydrogen (secondary N) is 2. The van der Waals surface area contributed by atoms with Crippen molar-refractivity contribution in [1.82, 2.24) is 10.6 Å². The van der Waals surface area contributed by atoms with Crippen LogP contribution in [0, 0.1) is 5.41 Å². The molecule has 108 valence electrons. The van der Waals surface area contributed by atoms with Crippen molar-refractivity contribution < 1.29 is 19.4 Å². The molecule has 1 saturated heterocycles. The van der Waals surface area contributed by atoms with Crippen LogP contribution in [-0.4, -0.2) is 42.9 Å². The van der Waals surface area contributed by atoms with Crippen LogP contribution in [-0.2, 0) is 9.53 Å². The predicted molar refractivity (Wildman–Crippen MR) is 68.9 cm³/mol. The van der Waals surface area contributed by atoms with Gasteiger partial charge in [0.05, 0.1) is 12.5 Å². The molecule has 1 atom stereocenters. The van der Waals surface area contributed by atoms with Crippen LogP contribution < -0.4 is 10.6 Å². The van der Waals surface area contributed by atoms with E-state index in [4.69, 9.17) is 9.84 Å². The van der Waals surface area contributed by atoms with Crippen LogP contribution in [0.25, 0.3) is 0 Å². The first-order valence-corrected chi connectivity index (χ1v) is 6.95. The van der Waals surface area contributed by atoms with Crippen molar-refractivity contribution in [1.29, 1.82) is 0 Å². The minimum Gasteiger partial charge on any atom is -0.481 e. The van der Waals surface area contributed by atoms with E-state index in [-0.39, 0.29) is 24.0 Å². The smallest absolute Gasteiger partial charge is 0.314 e. The van der Waals surface area contributed by atoms with Crippen LogP contribution in [0.3, 0.4) is 0 Å². The van der Waals surface area contributed by atoms with Crippen molar-refractivity contribution in [3.05, 3.63) is 0 Å². The fraction of sp³-hybridized carbons (Fsp3) is 0.846. The van der Waals surface area contributed by atoms with Gasteiger partial charge in [-0.15, -0.1) is 0 Å². The third-order valence-electron chi connectivity index (χ3n) is 4.08. The van der Waals surface area contributed by atoms with Gasteiger partial charge in [-0.2, -0.15) is 0 Å². The Labute approximate surface area is 112 Å². The number of rotatable bonds is 6. The Balaban J connectivity index is 1.65. The van der Waals surface area contributed by atoms with E-state index in [2.05, 4.69) is 10.6 Å². The maximum Gasteiger partial charge on any atom is 0.314 e. The summed E-state index contributed by atoms with van der Waals surface area (Å²) >= 11 is 0. The zero-order chi connectivity index (χ0) is 13.7. The molecule has 0 bridgehead atoms. The summed E-state index contributed by atoms with van der Waals surface area (Å²) in [5.74, 6) is -0.790. The average molecular weight is 270 g/mol. The van der Waals surface area contributed by atoms with Gasteiger partial charge in [0.2, 0.25) is 0 Å². The van der Waals surface area contributed by atoms with Crippen molar-refractivity contribution in [2.24, 2.45) is 5.41 Å². The Kier molecular flexibility index (Phi) is 4.63. The summed E-state index contributed by atoms with van der Waals surface area (Å²) in [5, 5.41) is 14.4. The number of carbonyl (C=O) groups is 2. The fourth-order valence-corrected chi connectivity index (χ4v) is 2.76. The molecule has 0 spiro atoms. The van der Waals surface area contributed by atoms with E-state index >= 15 is 0 Å². The molecule has 2 aliphatic rings. The Morgan fingerprint density at radius 2 is 2.05 bits per heavy atom. The highest BCUT2D eigenvalue weighted by Crippen LogP contribution is 2.43. The van der Waals surface area contributed by atoms with Crippen LogP contribution in [0.2, 0.25) is 0 Å². The Hall–Kier alpha value is -1.30.